The van der Waals surface area contributed by atoms with E-state index in [-0.39, 0.29) is 0 Å². The van der Waals surface area contributed by atoms with Crippen molar-refractivity contribution in [1.29, 1.82) is 0 Å². The molecule has 0 saturated heterocycles. The van der Waals surface area contributed by atoms with Gasteiger partial charge in [-0.25, -0.2) is 15.0 Å². The molecule has 0 fully saturated rings. The Bertz CT molecular complexity index is 1570. The highest BCUT2D eigenvalue weighted by Gasteiger charge is 2.13. The van der Waals surface area contributed by atoms with E-state index in [4.69, 9.17) is 15.0 Å². The Hall–Kier alpha value is -4.70. The van der Waals surface area contributed by atoms with Crippen LogP contribution in [-0.2, 0) is 0 Å². The molecule has 0 radical (unpaired) electrons. The molecule has 6 rings (SSSR count). The molecule has 35 heavy (non-hydrogen) atoms. The quantitative estimate of drug-likeness (QED) is 0.281. The molecule has 166 valence electrons. The van der Waals surface area contributed by atoms with E-state index < -0.39 is 0 Å². The SMILES string of the molecule is Cc1ncc(-c2ccc(-c3nc(-c4ccccc4)nc(-c4ccccc4)n3)cc2)c2ccccc12. The summed E-state index contributed by atoms with van der Waals surface area (Å²) in [6, 6.07) is 36.8. The maximum Gasteiger partial charge on any atom is 0.164 e. The van der Waals surface area contributed by atoms with Crippen LogP contribution in [0.2, 0.25) is 0 Å². The predicted octanol–water partition coefficient (Wildman–Crippen LogP) is 7.40. The van der Waals surface area contributed by atoms with Gasteiger partial charge in [-0.1, -0.05) is 109 Å². The van der Waals surface area contributed by atoms with E-state index in [1.165, 1.54) is 10.8 Å². The van der Waals surface area contributed by atoms with Gasteiger partial charge in [0.25, 0.3) is 0 Å². The molecule has 0 atom stereocenters. The zero-order chi connectivity index (χ0) is 23.6. The van der Waals surface area contributed by atoms with Crippen molar-refractivity contribution in [2.24, 2.45) is 0 Å². The van der Waals surface area contributed by atoms with Crippen LogP contribution in [0.4, 0.5) is 0 Å². The Balaban J connectivity index is 1.45. The number of aryl methyl sites for hydroxylation is 1. The summed E-state index contributed by atoms with van der Waals surface area (Å²) in [5.74, 6) is 1.97. The van der Waals surface area contributed by atoms with E-state index >= 15 is 0 Å². The monoisotopic (exact) mass is 450 g/mol. The summed E-state index contributed by atoms with van der Waals surface area (Å²) >= 11 is 0. The number of hydrogen-bond donors (Lipinski definition) is 0. The van der Waals surface area contributed by atoms with Crippen molar-refractivity contribution in [2.45, 2.75) is 6.92 Å². The van der Waals surface area contributed by atoms with E-state index in [1.54, 1.807) is 0 Å². The smallest absolute Gasteiger partial charge is 0.164 e. The molecule has 2 heterocycles. The van der Waals surface area contributed by atoms with Crippen LogP contribution in [0.1, 0.15) is 5.69 Å². The standard InChI is InChI=1S/C31H22N4/c1-21-26-14-8-9-15-27(26)28(20-32-21)22-16-18-25(19-17-22)31-34-29(23-10-4-2-5-11-23)33-30(35-31)24-12-6-3-7-13-24/h2-20H,1H3. The van der Waals surface area contributed by atoms with Crippen LogP contribution in [0.25, 0.3) is 56.1 Å². The molecule has 0 spiro atoms. The first kappa shape index (κ1) is 20.9. The molecular weight excluding hydrogens is 428 g/mol. The molecule has 0 aliphatic carbocycles. The minimum absolute atomic E-state index is 0.649. The van der Waals surface area contributed by atoms with Crippen molar-refractivity contribution in [3.63, 3.8) is 0 Å². The molecule has 0 saturated carbocycles. The second-order valence-corrected chi connectivity index (χ2v) is 8.42. The summed E-state index contributed by atoms with van der Waals surface area (Å²) in [6.45, 7) is 2.05. The number of rotatable bonds is 4. The Morgan fingerprint density at radius 1 is 0.429 bits per heavy atom. The topological polar surface area (TPSA) is 51.6 Å². The zero-order valence-electron chi connectivity index (χ0n) is 19.3. The number of hydrogen-bond acceptors (Lipinski definition) is 4. The lowest BCUT2D eigenvalue weighted by Crippen LogP contribution is -2.00. The summed E-state index contributed by atoms with van der Waals surface area (Å²) in [4.78, 5) is 19.1. The molecule has 0 aliphatic heterocycles. The first-order chi connectivity index (χ1) is 17.3. The van der Waals surface area contributed by atoms with E-state index in [0.29, 0.717) is 17.5 Å². The number of nitrogens with zero attached hydrogens (tertiary/aromatic N) is 4. The molecular formula is C31H22N4. The van der Waals surface area contributed by atoms with Gasteiger partial charge in [-0.3, -0.25) is 4.98 Å². The molecule has 0 amide bonds. The fourth-order valence-corrected chi connectivity index (χ4v) is 4.30. The lowest BCUT2D eigenvalue weighted by Gasteiger charge is -2.10. The minimum Gasteiger partial charge on any atom is -0.260 e. The van der Waals surface area contributed by atoms with Gasteiger partial charge in [0.1, 0.15) is 0 Å². The third kappa shape index (κ3) is 4.06. The van der Waals surface area contributed by atoms with Gasteiger partial charge in [0.15, 0.2) is 17.5 Å². The van der Waals surface area contributed by atoms with Crippen molar-refractivity contribution < 1.29 is 0 Å². The third-order valence-electron chi connectivity index (χ3n) is 6.15. The summed E-state index contributed by atoms with van der Waals surface area (Å²) in [5, 5.41) is 2.37. The maximum atomic E-state index is 4.83. The summed E-state index contributed by atoms with van der Waals surface area (Å²) in [6.07, 6.45) is 1.95. The Morgan fingerprint density at radius 3 is 1.40 bits per heavy atom. The lowest BCUT2D eigenvalue weighted by atomic mass is 9.98. The molecule has 4 heteroatoms. The van der Waals surface area contributed by atoms with Crippen LogP contribution >= 0.6 is 0 Å². The largest absolute Gasteiger partial charge is 0.260 e. The summed E-state index contributed by atoms with van der Waals surface area (Å²) in [7, 11) is 0. The van der Waals surface area contributed by atoms with Crippen molar-refractivity contribution in [3.8, 4) is 45.3 Å². The van der Waals surface area contributed by atoms with Gasteiger partial charge < -0.3 is 0 Å². The van der Waals surface area contributed by atoms with Gasteiger partial charge in [-0.15, -0.1) is 0 Å². The minimum atomic E-state index is 0.649. The molecule has 6 aromatic rings. The fraction of sp³-hybridized carbons (Fsp3) is 0.0323. The average Bonchev–Trinajstić information content (AvgIpc) is 2.94. The van der Waals surface area contributed by atoms with Gasteiger partial charge in [-0.05, 0) is 17.9 Å². The molecule has 0 N–H and O–H groups in total. The van der Waals surface area contributed by atoms with E-state index in [1.807, 2.05) is 73.8 Å². The average molecular weight is 451 g/mol. The van der Waals surface area contributed by atoms with Crippen LogP contribution in [0.5, 0.6) is 0 Å². The van der Waals surface area contributed by atoms with Crippen LogP contribution in [0.15, 0.2) is 115 Å². The van der Waals surface area contributed by atoms with Gasteiger partial charge in [0.2, 0.25) is 0 Å². The first-order valence-electron chi connectivity index (χ1n) is 11.6. The van der Waals surface area contributed by atoms with Crippen molar-refractivity contribution in [2.75, 3.05) is 0 Å². The Kier molecular flexibility index (Phi) is 5.32. The maximum absolute atomic E-state index is 4.83. The van der Waals surface area contributed by atoms with Crippen LogP contribution in [0, 0.1) is 6.92 Å². The second kappa shape index (κ2) is 8.92. The second-order valence-electron chi connectivity index (χ2n) is 8.42. The first-order valence-corrected chi connectivity index (χ1v) is 11.6. The molecule has 0 unspecified atom stereocenters. The van der Waals surface area contributed by atoms with Gasteiger partial charge >= 0.3 is 0 Å². The van der Waals surface area contributed by atoms with E-state index in [2.05, 4.69) is 53.5 Å². The highest BCUT2D eigenvalue weighted by atomic mass is 15.0. The van der Waals surface area contributed by atoms with Gasteiger partial charge in [-0.2, -0.15) is 0 Å². The van der Waals surface area contributed by atoms with Gasteiger partial charge in [0.05, 0.1) is 0 Å². The molecule has 0 bridgehead atoms. The molecule has 2 aromatic heterocycles. The van der Waals surface area contributed by atoms with E-state index in [9.17, 15) is 0 Å². The Labute approximate surface area is 204 Å². The highest BCUT2D eigenvalue weighted by Crippen LogP contribution is 2.31. The molecule has 4 nitrogen and oxygen atoms in total. The van der Waals surface area contributed by atoms with Crippen LogP contribution in [0.3, 0.4) is 0 Å². The molecule has 4 aromatic carbocycles. The number of pyridine rings is 1. The van der Waals surface area contributed by atoms with Crippen LogP contribution in [-0.4, -0.2) is 19.9 Å². The van der Waals surface area contributed by atoms with Crippen molar-refractivity contribution in [1.82, 2.24) is 19.9 Å². The van der Waals surface area contributed by atoms with Crippen molar-refractivity contribution >= 4 is 10.8 Å². The van der Waals surface area contributed by atoms with Crippen LogP contribution < -0.4 is 0 Å². The summed E-state index contributed by atoms with van der Waals surface area (Å²) < 4.78 is 0. The normalized spacial score (nSPS) is 11.0. The number of benzene rings is 4. The number of aromatic nitrogens is 4. The fourth-order valence-electron chi connectivity index (χ4n) is 4.30. The summed E-state index contributed by atoms with van der Waals surface area (Å²) in [5.41, 5.74) is 6.12. The van der Waals surface area contributed by atoms with E-state index in [0.717, 1.165) is 33.5 Å². The zero-order valence-corrected chi connectivity index (χ0v) is 19.3. The van der Waals surface area contributed by atoms with Gasteiger partial charge in [0, 0.05) is 39.5 Å². The third-order valence-corrected chi connectivity index (χ3v) is 6.15. The lowest BCUT2D eigenvalue weighted by molar-refractivity contribution is 1.07. The Morgan fingerprint density at radius 2 is 0.857 bits per heavy atom. The molecule has 0 aliphatic rings. The highest BCUT2D eigenvalue weighted by molar-refractivity contribution is 5.97. The predicted molar refractivity (Wildman–Crippen MR) is 142 cm³/mol. The number of fused-ring (bicyclic) bond motifs is 1. The van der Waals surface area contributed by atoms with Crippen molar-refractivity contribution in [3.05, 3.63) is 121 Å².